The van der Waals surface area contributed by atoms with E-state index in [0.717, 1.165) is 5.92 Å². The number of nitrogens with zero attached hydrogens (tertiary/aromatic N) is 3. The summed E-state index contributed by atoms with van der Waals surface area (Å²) in [5.41, 5.74) is 3.61. The number of unbranched alkanes of at least 4 members (excludes halogenated alkanes) is 1. The van der Waals surface area contributed by atoms with Crippen LogP contribution in [0.2, 0.25) is 0 Å². The number of hydrogen-bond donors (Lipinski definition) is 3. The number of aromatic nitrogens is 1. The maximum absolute atomic E-state index is 12.7. The van der Waals surface area contributed by atoms with Crippen molar-refractivity contribution < 1.29 is 23.4 Å². The van der Waals surface area contributed by atoms with Crippen molar-refractivity contribution in [3.8, 4) is 12.3 Å². The van der Waals surface area contributed by atoms with E-state index in [1.54, 1.807) is 36.0 Å². The van der Waals surface area contributed by atoms with Crippen LogP contribution in [0, 0.1) is 25.2 Å². The number of thiazole rings is 1. The number of likely N-dealkylation sites (N-methyl/N-ethyl adjacent to an activating group) is 2. The summed E-state index contributed by atoms with van der Waals surface area (Å²) < 4.78 is 12.3. The topological polar surface area (TPSA) is 115 Å². The molecule has 0 radical (unpaired) electrons. The predicted octanol–water partition coefficient (Wildman–Crippen LogP) is 6.25. The number of carbonyl (C=O) groups excluding carboxylic acids is 3. The number of halogens is 1. The van der Waals surface area contributed by atoms with Crippen molar-refractivity contribution >= 4 is 47.3 Å². The van der Waals surface area contributed by atoms with Gasteiger partial charge < -0.3 is 20.6 Å². The average Bonchev–Trinajstić information content (AvgIpc) is 3.62. The number of amides is 3. The Morgan fingerprint density at radius 1 is 1.16 bits per heavy atom. The lowest BCUT2D eigenvalue weighted by atomic mass is 9.91. The molecule has 2 unspecified atom stereocenters. The van der Waals surface area contributed by atoms with Gasteiger partial charge in [0.1, 0.15) is 6.04 Å². The molecule has 1 aromatic heterocycles. The van der Waals surface area contributed by atoms with Crippen LogP contribution in [0.4, 0.5) is 3.89 Å². The molecule has 3 rings (SSSR count). The molecular weight excluding hydrogens is 662 g/mol. The van der Waals surface area contributed by atoms with E-state index in [9.17, 15) is 23.4 Å². The van der Waals surface area contributed by atoms with Gasteiger partial charge in [-0.2, -0.15) is 3.89 Å². The van der Waals surface area contributed by atoms with Crippen LogP contribution in [0.15, 0.2) is 47.3 Å². The highest BCUT2D eigenvalue weighted by atomic mass is 32.2. The molecule has 1 aliphatic rings. The highest BCUT2D eigenvalue weighted by molar-refractivity contribution is 7.94. The van der Waals surface area contributed by atoms with Gasteiger partial charge in [0.25, 0.3) is 0 Å². The molecule has 1 aliphatic carbocycles. The van der Waals surface area contributed by atoms with E-state index in [1.807, 2.05) is 18.2 Å². The first-order valence-corrected chi connectivity index (χ1v) is 18.8. The zero-order valence-corrected chi connectivity index (χ0v) is 31.2. The van der Waals surface area contributed by atoms with Crippen molar-refractivity contribution in [3.63, 3.8) is 0 Å². The van der Waals surface area contributed by atoms with Crippen LogP contribution >= 0.6 is 23.5 Å². The molecule has 272 valence electrons. The summed E-state index contributed by atoms with van der Waals surface area (Å²) in [5, 5.41) is 17.1. The minimum absolute atomic E-state index is 0.0259. The van der Waals surface area contributed by atoms with Gasteiger partial charge in [-0.15, -0.1) is 23.7 Å². The summed E-state index contributed by atoms with van der Waals surface area (Å²) in [6, 6.07) is 9.26. The van der Waals surface area contributed by atoms with E-state index in [0.29, 0.717) is 38.0 Å². The second kappa shape index (κ2) is 27.6. The second-order valence-electron chi connectivity index (χ2n) is 12.3. The zero-order valence-electron chi connectivity index (χ0n) is 29.6. The van der Waals surface area contributed by atoms with E-state index in [2.05, 4.69) is 47.5 Å². The summed E-state index contributed by atoms with van der Waals surface area (Å²) in [6.07, 6.45) is 16.5. The number of carbonyl (C=O) groups is 3. The van der Waals surface area contributed by atoms with Crippen LogP contribution in [0.3, 0.4) is 0 Å². The second-order valence-corrected chi connectivity index (χ2v) is 13.5. The Hall–Kier alpha value is -3.24. The van der Waals surface area contributed by atoms with E-state index in [4.69, 9.17) is 6.42 Å². The first-order valence-electron chi connectivity index (χ1n) is 17.0. The number of aliphatic hydroxyl groups excluding tert-OH is 1. The van der Waals surface area contributed by atoms with E-state index < -0.39 is 24.0 Å². The van der Waals surface area contributed by atoms with E-state index >= 15 is 0 Å². The summed E-state index contributed by atoms with van der Waals surface area (Å²) in [4.78, 5) is 44.8. The number of rotatable bonds is 17. The van der Waals surface area contributed by atoms with E-state index in [1.165, 1.54) is 60.0 Å². The number of aliphatic hydroxyl groups is 1. The van der Waals surface area contributed by atoms with Gasteiger partial charge in [-0.25, -0.2) is 4.98 Å². The van der Waals surface area contributed by atoms with E-state index in [-0.39, 0.29) is 43.3 Å². The third-order valence-electron chi connectivity index (χ3n) is 7.79. The molecule has 2 aromatic rings. The van der Waals surface area contributed by atoms with Crippen LogP contribution < -0.4 is 10.6 Å². The fraction of sp³-hybridized carbons (Fsp3) is 0.568. The number of nitrogens with one attached hydrogen (secondary N) is 2. The van der Waals surface area contributed by atoms with Gasteiger partial charge in [-0.3, -0.25) is 19.3 Å². The largest absolute Gasteiger partial charge is 0.391 e. The maximum Gasteiger partial charge on any atom is 0.246 e. The number of aryl methyl sites for hydroxylation is 1. The molecule has 49 heavy (non-hydrogen) atoms. The normalized spacial score (nSPS) is 14.0. The molecule has 0 spiro atoms. The lowest BCUT2D eigenvalue weighted by Crippen LogP contribution is -2.47. The van der Waals surface area contributed by atoms with Crippen molar-refractivity contribution in [2.24, 2.45) is 5.92 Å². The van der Waals surface area contributed by atoms with Crippen molar-refractivity contribution in [2.45, 2.75) is 90.2 Å². The highest BCUT2D eigenvalue weighted by Crippen LogP contribution is 2.22. The minimum Gasteiger partial charge on any atom is -0.391 e. The van der Waals surface area contributed by atoms with Crippen LogP contribution in [0.25, 0.3) is 6.08 Å². The summed E-state index contributed by atoms with van der Waals surface area (Å²) >= 11 is 1.61. The molecule has 3 N–H and O–H groups in total. The lowest BCUT2D eigenvalue weighted by molar-refractivity contribution is -0.133. The molecule has 0 bridgehead atoms. The molecule has 0 aliphatic heterocycles. The molecule has 1 aromatic carbocycles. The molecular formula is C37H56FN5O4S2. The Labute approximate surface area is 301 Å². The van der Waals surface area contributed by atoms with Crippen LogP contribution in [-0.4, -0.2) is 89.4 Å². The van der Waals surface area contributed by atoms with Gasteiger partial charge in [-0.1, -0.05) is 81.0 Å². The van der Waals surface area contributed by atoms with Crippen LogP contribution in [-0.2, 0) is 14.4 Å². The van der Waals surface area contributed by atoms with Crippen molar-refractivity contribution in [1.82, 2.24) is 25.4 Å². The molecule has 3 amide bonds. The average molecular weight is 718 g/mol. The Morgan fingerprint density at radius 2 is 1.88 bits per heavy atom. The maximum atomic E-state index is 12.7. The standard InChI is InChI=1S/C23H34FN5O4S2.C7H14.C7H8/c1-4-5-6-7-19(30)14-25-23(33)20(9-8-18-15-34-16-26-18)27-21(31)10-11-22(32)29(3)13-12-28(2)17-35-24;2*1-7-5-3-2-4-6-7/h1,8-9,15-16,19-20,30H,5-7,10-14,17H2,2-3H3,(H,25,33)(H,27,31);7H,2-6H2,1H3;2-6H,1H3. The number of hydrogen-bond acceptors (Lipinski definition) is 8. The molecule has 0 saturated heterocycles. The Morgan fingerprint density at radius 3 is 2.43 bits per heavy atom. The third kappa shape index (κ3) is 22.9. The number of terminal acetylenes is 1. The minimum atomic E-state index is -0.998. The first kappa shape index (κ1) is 43.8. The van der Waals surface area contributed by atoms with Gasteiger partial charge in [0.2, 0.25) is 17.7 Å². The van der Waals surface area contributed by atoms with Gasteiger partial charge in [-0.05, 0) is 38.8 Å². The van der Waals surface area contributed by atoms with Crippen molar-refractivity contribution in [2.75, 3.05) is 39.6 Å². The monoisotopic (exact) mass is 717 g/mol. The first-order chi connectivity index (χ1) is 23.5. The molecule has 1 heterocycles. The molecule has 9 nitrogen and oxygen atoms in total. The smallest absolute Gasteiger partial charge is 0.246 e. The number of benzene rings is 1. The lowest BCUT2D eigenvalue weighted by Gasteiger charge is -2.21. The van der Waals surface area contributed by atoms with Crippen molar-refractivity contribution in [3.05, 3.63) is 58.6 Å². The SMILES string of the molecule is C#CCCCC(O)CNC(=O)C(C=Cc1cscn1)NC(=O)CCC(=O)N(C)CCN(C)CSF.CC1CCCCC1.Cc1ccccc1. The summed E-state index contributed by atoms with van der Waals surface area (Å²) in [5.74, 6) is 2.57. The summed E-state index contributed by atoms with van der Waals surface area (Å²) in [6.45, 7) is 5.38. The quantitative estimate of drug-likeness (QED) is 0.101. The van der Waals surface area contributed by atoms with Crippen molar-refractivity contribution in [1.29, 1.82) is 0 Å². The fourth-order valence-corrected chi connectivity index (χ4v) is 5.48. The van der Waals surface area contributed by atoms with Gasteiger partial charge in [0.15, 0.2) is 0 Å². The molecule has 2 atom stereocenters. The fourth-order valence-electron chi connectivity index (χ4n) is 4.66. The molecule has 1 saturated carbocycles. The third-order valence-corrected chi connectivity index (χ3v) is 8.94. The Balaban J connectivity index is 0.000000694. The van der Waals surface area contributed by atoms with Gasteiger partial charge in [0.05, 0.1) is 35.3 Å². The van der Waals surface area contributed by atoms with Gasteiger partial charge in [0, 0.05) is 51.3 Å². The van der Waals surface area contributed by atoms with Gasteiger partial charge >= 0.3 is 0 Å². The Kier molecular flexibility index (Phi) is 24.6. The molecule has 12 heteroatoms. The highest BCUT2D eigenvalue weighted by Gasteiger charge is 2.20. The molecule has 1 fully saturated rings. The zero-order chi connectivity index (χ0) is 36.3. The predicted molar refractivity (Wildman–Crippen MR) is 201 cm³/mol. The van der Waals surface area contributed by atoms with Crippen LogP contribution in [0.1, 0.15) is 82.4 Å². The Bertz CT molecular complexity index is 1240. The summed E-state index contributed by atoms with van der Waals surface area (Å²) in [7, 11) is 3.37. The van der Waals surface area contributed by atoms with Crippen LogP contribution in [0.5, 0.6) is 0 Å².